The van der Waals surface area contributed by atoms with Crippen LogP contribution in [-0.4, -0.2) is 100 Å². The lowest BCUT2D eigenvalue weighted by atomic mass is 9.97. The van der Waals surface area contributed by atoms with Crippen LogP contribution in [0.25, 0.3) is 0 Å². The molecule has 3 saturated heterocycles. The van der Waals surface area contributed by atoms with E-state index < -0.39 is 12.2 Å². The van der Waals surface area contributed by atoms with Crippen molar-refractivity contribution >= 4 is 17.8 Å². The lowest BCUT2D eigenvalue weighted by Gasteiger charge is -2.54. The molecule has 1 aliphatic carbocycles. The summed E-state index contributed by atoms with van der Waals surface area (Å²) in [5.41, 5.74) is 8.31. The first-order valence-corrected chi connectivity index (χ1v) is 12.6. The van der Waals surface area contributed by atoms with Crippen molar-refractivity contribution in [1.29, 1.82) is 0 Å². The van der Waals surface area contributed by atoms with Crippen LogP contribution < -0.4 is 16.3 Å². The van der Waals surface area contributed by atoms with Crippen molar-refractivity contribution in [3.63, 3.8) is 0 Å². The SMILES string of the molecule is C=CCN1CC(=O)N2[C@@H](C)C(=O)N(CC3=CC4NNN(C)C4C=C3)C[C@@H]2N1C(=O)NCc1ccccc1. The lowest BCUT2D eigenvalue weighted by Crippen LogP contribution is -2.76. The molecule has 4 atom stereocenters. The molecule has 0 bridgehead atoms. The summed E-state index contributed by atoms with van der Waals surface area (Å²) < 4.78 is 0. The molecule has 0 saturated carbocycles. The summed E-state index contributed by atoms with van der Waals surface area (Å²) in [5, 5.41) is 8.26. The molecule has 37 heavy (non-hydrogen) atoms. The average molecular weight is 507 g/mol. The van der Waals surface area contributed by atoms with E-state index in [1.807, 2.05) is 48.5 Å². The maximum atomic E-state index is 13.5. The molecule has 196 valence electrons. The fraction of sp³-hybridized carbons (Fsp3) is 0.423. The Hall–Kier alpha value is -3.51. The Kier molecular flexibility index (Phi) is 7.11. The minimum absolute atomic E-state index is 0.00203. The molecule has 2 unspecified atom stereocenters. The highest BCUT2D eigenvalue weighted by Gasteiger charge is 2.49. The van der Waals surface area contributed by atoms with Gasteiger partial charge in [0.1, 0.15) is 12.2 Å². The predicted octanol–water partition coefficient (Wildman–Crippen LogP) is 0.188. The predicted molar refractivity (Wildman–Crippen MR) is 138 cm³/mol. The van der Waals surface area contributed by atoms with E-state index in [1.54, 1.807) is 32.8 Å². The number of carbonyl (C=O) groups excluding carboxylic acids is 3. The summed E-state index contributed by atoms with van der Waals surface area (Å²) in [4.78, 5) is 43.3. The van der Waals surface area contributed by atoms with Crippen molar-refractivity contribution in [2.24, 2.45) is 0 Å². The van der Waals surface area contributed by atoms with Gasteiger partial charge in [-0.1, -0.05) is 54.6 Å². The second kappa shape index (κ2) is 10.5. The Morgan fingerprint density at radius 1 is 1.24 bits per heavy atom. The van der Waals surface area contributed by atoms with Crippen LogP contribution >= 0.6 is 0 Å². The topological polar surface area (TPSA) is 104 Å². The number of hydrogen-bond donors (Lipinski definition) is 3. The summed E-state index contributed by atoms with van der Waals surface area (Å²) in [6.07, 6.45) is 7.31. The zero-order valence-electron chi connectivity index (χ0n) is 21.2. The van der Waals surface area contributed by atoms with Crippen LogP contribution in [0.1, 0.15) is 12.5 Å². The van der Waals surface area contributed by atoms with Gasteiger partial charge in [-0.15, -0.1) is 6.58 Å². The number of benzene rings is 1. The summed E-state index contributed by atoms with van der Waals surface area (Å²) in [5.74, 6) is -0.305. The largest absolute Gasteiger partial charge is 0.334 e. The molecule has 11 heteroatoms. The van der Waals surface area contributed by atoms with Gasteiger partial charge in [0.05, 0.1) is 25.2 Å². The van der Waals surface area contributed by atoms with Crippen LogP contribution in [0.4, 0.5) is 4.79 Å². The number of hydrogen-bond acceptors (Lipinski definition) is 7. The number of rotatable bonds is 6. The number of nitrogens with zero attached hydrogens (tertiary/aromatic N) is 5. The molecular weight excluding hydrogens is 472 g/mol. The average Bonchev–Trinajstić information content (AvgIpc) is 3.26. The number of carbonyl (C=O) groups is 3. The molecule has 0 aromatic heterocycles. The maximum Gasteiger partial charge on any atom is 0.334 e. The van der Waals surface area contributed by atoms with Crippen molar-refractivity contribution < 1.29 is 14.4 Å². The van der Waals surface area contributed by atoms with E-state index in [0.717, 1.165) is 11.1 Å². The third kappa shape index (κ3) is 4.90. The minimum Gasteiger partial charge on any atom is -0.333 e. The van der Waals surface area contributed by atoms with Gasteiger partial charge in [-0.3, -0.25) is 9.59 Å². The Labute approximate surface area is 216 Å². The molecule has 1 aromatic rings. The van der Waals surface area contributed by atoms with Crippen LogP contribution in [0, 0.1) is 0 Å². The Morgan fingerprint density at radius 2 is 2.03 bits per heavy atom. The second-order valence-electron chi connectivity index (χ2n) is 9.79. The van der Waals surface area contributed by atoms with Crippen LogP contribution in [0.3, 0.4) is 0 Å². The molecule has 0 radical (unpaired) electrons. The van der Waals surface area contributed by atoms with Gasteiger partial charge in [0.2, 0.25) is 11.8 Å². The van der Waals surface area contributed by atoms with E-state index >= 15 is 0 Å². The van der Waals surface area contributed by atoms with E-state index in [1.165, 1.54) is 0 Å². The first-order chi connectivity index (χ1) is 17.9. The molecule has 3 N–H and O–H groups in total. The zero-order valence-corrected chi connectivity index (χ0v) is 21.2. The zero-order chi connectivity index (χ0) is 26.1. The smallest absolute Gasteiger partial charge is 0.333 e. The van der Waals surface area contributed by atoms with Crippen molar-refractivity contribution in [2.45, 2.75) is 37.8 Å². The van der Waals surface area contributed by atoms with Gasteiger partial charge in [0, 0.05) is 26.7 Å². The van der Waals surface area contributed by atoms with E-state index in [-0.39, 0.29) is 43.0 Å². The van der Waals surface area contributed by atoms with Crippen LogP contribution in [0.15, 0.2) is 66.8 Å². The van der Waals surface area contributed by atoms with Crippen LogP contribution in [-0.2, 0) is 16.1 Å². The van der Waals surface area contributed by atoms with E-state index in [2.05, 4.69) is 35.0 Å². The number of urea groups is 1. The third-order valence-corrected chi connectivity index (χ3v) is 7.32. The number of fused-ring (bicyclic) bond motifs is 2. The summed E-state index contributed by atoms with van der Waals surface area (Å²) in [7, 11) is 1.97. The van der Waals surface area contributed by atoms with E-state index in [4.69, 9.17) is 0 Å². The van der Waals surface area contributed by atoms with E-state index in [9.17, 15) is 14.4 Å². The quantitative estimate of drug-likeness (QED) is 0.474. The van der Waals surface area contributed by atoms with Crippen molar-refractivity contribution in [3.8, 4) is 0 Å². The number of piperazine rings is 1. The lowest BCUT2D eigenvalue weighted by molar-refractivity contribution is -0.187. The molecule has 3 aliphatic heterocycles. The van der Waals surface area contributed by atoms with Gasteiger partial charge in [0.15, 0.2) is 0 Å². The third-order valence-electron chi connectivity index (χ3n) is 7.32. The molecule has 4 aliphatic rings. The molecule has 4 amide bonds. The Balaban J connectivity index is 1.37. The molecule has 0 spiro atoms. The highest BCUT2D eigenvalue weighted by molar-refractivity contribution is 5.91. The highest BCUT2D eigenvalue weighted by Crippen LogP contribution is 2.28. The number of nitrogens with one attached hydrogen (secondary N) is 3. The minimum atomic E-state index is -0.681. The Bertz CT molecular complexity index is 1120. The van der Waals surface area contributed by atoms with Crippen molar-refractivity contribution in [3.05, 3.63) is 72.4 Å². The summed E-state index contributed by atoms with van der Waals surface area (Å²) in [6, 6.07) is 8.95. The molecule has 11 nitrogen and oxygen atoms in total. The van der Waals surface area contributed by atoms with Gasteiger partial charge in [-0.05, 0) is 18.1 Å². The molecule has 1 aromatic carbocycles. The van der Waals surface area contributed by atoms with Crippen molar-refractivity contribution in [2.75, 3.05) is 33.2 Å². The first kappa shape index (κ1) is 25.2. The summed E-state index contributed by atoms with van der Waals surface area (Å²) in [6.45, 7) is 6.84. The molecule has 3 heterocycles. The van der Waals surface area contributed by atoms with Gasteiger partial charge >= 0.3 is 6.03 Å². The normalized spacial score (nSPS) is 28.2. The number of hydrazine groups is 3. The van der Waals surface area contributed by atoms with E-state index in [0.29, 0.717) is 19.6 Å². The Morgan fingerprint density at radius 3 is 2.78 bits per heavy atom. The standard InChI is InChI=1S/C26H34N8O3/c1-4-12-32-17-24(35)33-18(2)25(36)31(15-20-10-11-22-21(13-20)28-29-30(22)3)16-23(33)34(32)26(37)27-14-19-8-6-5-7-9-19/h4-11,13,18,21-23,28-29H,1,12,14-17H2,2-3H3,(H,27,37)/t18-,21?,22?,23-/m0/s1. The number of amides is 4. The molecular formula is C26H34N8O3. The highest BCUT2D eigenvalue weighted by atomic mass is 16.2. The number of likely N-dealkylation sites (N-methyl/N-ethyl adjacent to an activating group) is 1. The first-order valence-electron chi connectivity index (χ1n) is 12.6. The second-order valence-corrected chi connectivity index (χ2v) is 9.79. The van der Waals surface area contributed by atoms with Gasteiger partial charge in [-0.2, -0.15) is 5.53 Å². The van der Waals surface area contributed by atoms with Gasteiger partial charge < -0.3 is 15.1 Å². The summed E-state index contributed by atoms with van der Waals surface area (Å²) >= 11 is 0. The van der Waals surface area contributed by atoms with Crippen LogP contribution in [0.2, 0.25) is 0 Å². The van der Waals surface area contributed by atoms with Crippen molar-refractivity contribution in [1.82, 2.24) is 41.1 Å². The maximum absolute atomic E-state index is 13.5. The van der Waals surface area contributed by atoms with Crippen LogP contribution in [0.5, 0.6) is 0 Å². The molecule has 3 fully saturated rings. The fourth-order valence-corrected chi connectivity index (χ4v) is 5.46. The van der Waals surface area contributed by atoms with Gasteiger partial charge in [0.25, 0.3) is 0 Å². The van der Waals surface area contributed by atoms with Gasteiger partial charge in [-0.25, -0.2) is 25.2 Å². The fourth-order valence-electron chi connectivity index (χ4n) is 5.46. The molecule has 5 rings (SSSR count). The monoisotopic (exact) mass is 506 g/mol.